The summed E-state index contributed by atoms with van der Waals surface area (Å²) < 4.78 is 0. The number of aryl methyl sites for hydroxylation is 1. The first-order valence-electron chi connectivity index (χ1n) is 6.19. The van der Waals surface area contributed by atoms with Crippen molar-refractivity contribution in [1.82, 2.24) is 4.98 Å². The predicted octanol–water partition coefficient (Wildman–Crippen LogP) is 4.65. The molecule has 0 saturated carbocycles. The fourth-order valence-electron chi connectivity index (χ4n) is 1.93. The average molecular weight is 280 g/mol. The summed E-state index contributed by atoms with van der Waals surface area (Å²) in [5.74, 6) is 3.46. The molecule has 0 N–H and O–H groups in total. The van der Waals surface area contributed by atoms with Crippen LogP contribution in [0.4, 0.5) is 0 Å². The van der Waals surface area contributed by atoms with Crippen molar-refractivity contribution in [2.75, 3.05) is 11.6 Å². The summed E-state index contributed by atoms with van der Waals surface area (Å²) in [7, 11) is 0. The van der Waals surface area contributed by atoms with Crippen LogP contribution in [-0.4, -0.2) is 16.6 Å². The third-order valence-corrected chi connectivity index (χ3v) is 4.70. The van der Waals surface area contributed by atoms with E-state index in [1.54, 1.807) is 0 Å². The van der Waals surface area contributed by atoms with Crippen molar-refractivity contribution in [1.29, 1.82) is 0 Å². The molecule has 0 radical (unpaired) electrons. The second-order valence-electron chi connectivity index (χ2n) is 4.71. The average Bonchev–Trinajstić information content (AvgIpc) is 2.38. The Bertz CT molecular complexity index is 527. The van der Waals surface area contributed by atoms with E-state index >= 15 is 0 Å². The van der Waals surface area contributed by atoms with Gasteiger partial charge >= 0.3 is 0 Å². The molecule has 0 aliphatic rings. The van der Waals surface area contributed by atoms with E-state index < -0.39 is 0 Å². The summed E-state index contributed by atoms with van der Waals surface area (Å²) in [4.78, 5) is 4.57. The molecule has 0 bridgehead atoms. The molecule has 1 unspecified atom stereocenters. The number of pyridine rings is 1. The highest BCUT2D eigenvalue weighted by Gasteiger charge is 2.05. The molecule has 18 heavy (non-hydrogen) atoms. The Kier molecular flexibility index (Phi) is 4.90. The summed E-state index contributed by atoms with van der Waals surface area (Å²) in [5, 5.41) is 1.27. The van der Waals surface area contributed by atoms with Crippen molar-refractivity contribution in [2.24, 2.45) is 5.92 Å². The predicted molar refractivity (Wildman–Crippen MR) is 82.5 cm³/mol. The zero-order chi connectivity index (χ0) is 13.0. The van der Waals surface area contributed by atoms with Gasteiger partial charge in [-0.1, -0.05) is 25.1 Å². The quantitative estimate of drug-likeness (QED) is 0.739. The van der Waals surface area contributed by atoms with Crippen molar-refractivity contribution in [3.05, 3.63) is 41.6 Å². The molecule has 0 fully saturated rings. The fourth-order valence-corrected chi connectivity index (χ4v) is 3.26. The number of halogens is 1. The van der Waals surface area contributed by atoms with Gasteiger partial charge in [-0.15, -0.1) is 11.6 Å². The molecule has 0 spiro atoms. The van der Waals surface area contributed by atoms with Crippen LogP contribution in [0.15, 0.2) is 30.3 Å². The van der Waals surface area contributed by atoms with Crippen LogP contribution in [0.3, 0.4) is 0 Å². The summed E-state index contributed by atoms with van der Waals surface area (Å²) >= 11 is 7.78. The second-order valence-corrected chi connectivity index (χ2v) is 6.05. The smallest absolute Gasteiger partial charge is 0.0708 e. The Hall–Kier alpha value is -0.730. The highest BCUT2D eigenvalue weighted by molar-refractivity contribution is 7.98. The number of hydrogen-bond acceptors (Lipinski definition) is 2. The number of thioether (sulfide) groups is 1. The molecular weight excluding hydrogens is 262 g/mol. The largest absolute Gasteiger partial charge is 0.253 e. The Balaban J connectivity index is 2.17. The zero-order valence-corrected chi connectivity index (χ0v) is 12.4. The van der Waals surface area contributed by atoms with Crippen LogP contribution in [0, 0.1) is 12.8 Å². The molecule has 0 aliphatic heterocycles. The van der Waals surface area contributed by atoms with Gasteiger partial charge in [0.25, 0.3) is 0 Å². The Morgan fingerprint density at radius 2 is 2.11 bits per heavy atom. The Labute approximate surface area is 118 Å². The molecule has 1 heterocycles. The molecule has 0 amide bonds. The van der Waals surface area contributed by atoms with E-state index in [9.17, 15) is 0 Å². The minimum atomic E-state index is 0.575. The van der Waals surface area contributed by atoms with Gasteiger partial charge in [0, 0.05) is 22.7 Å². The molecule has 0 aliphatic carbocycles. The van der Waals surface area contributed by atoms with E-state index in [1.165, 1.54) is 10.9 Å². The van der Waals surface area contributed by atoms with Crippen molar-refractivity contribution < 1.29 is 0 Å². The molecule has 3 heteroatoms. The van der Waals surface area contributed by atoms with E-state index in [0.29, 0.717) is 5.92 Å². The minimum absolute atomic E-state index is 0.575. The van der Waals surface area contributed by atoms with Gasteiger partial charge in [0.2, 0.25) is 0 Å². The van der Waals surface area contributed by atoms with Gasteiger partial charge in [-0.3, -0.25) is 4.98 Å². The van der Waals surface area contributed by atoms with Gasteiger partial charge in [-0.25, -0.2) is 0 Å². The number of fused-ring (bicyclic) bond motifs is 1. The topological polar surface area (TPSA) is 12.9 Å². The van der Waals surface area contributed by atoms with Gasteiger partial charge in [-0.2, -0.15) is 11.8 Å². The normalized spacial score (nSPS) is 12.8. The van der Waals surface area contributed by atoms with Crippen LogP contribution >= 0.6 is 23.4 Å². The van der Waals surface area contributed by atoms with Gasteiger partial charge < -0.3 is 0 Å². The van der Waals surface area contributed by atoms with Crippen molar-refractivity contribution in [3.8, 4) is 0 Å². The lowest BCUT2D eigenvalue weighted by atomic mass is 10.1. The maximum absolute atomic E-state index is 5.83. The third-order valence-electron chi connectivity index (χ3n) is 2.85. The SMILES string of the molecule is Cc1cc(CSCC(C)CCl)c2ccccc2n1. The molecular formula is C15H18ClNS. The van der Waals surface area contributed by atoms with Crippen LogP contribution in [0.2, 0.25) is 0 Å². The highest BCUT2D eigenvalue weighted by atomic mass is 35.5. The van der Waals surface area contributed by atoms with Crippen molar-refractivity contribution >= 4 is 34.3 Å². The van der Waals surface area contributed by atoms with Crippen molar-refractivity contribution in [3.63, 3.8) is 0 Å². The molecule has 1 atom stereocenters. The van der Waals surface area contributed by atoms with Crippen LogP contribution in [-0.2, 0) is 5.75 Å². The minimum Gasteiger partial charge on any atom is -0.253 e. The molecule has 1 aromatic carbocycles. The van der Waals surface area contributed by atoms with Crippen LogP contribution < -0.4 is 0 Å². The van der Waals surface area contributed by atoms with Crippen LogP contribution in [0.25, 0.3) is 10.9 Å². The lowest BCUT2D eigenvalue weighted by Crippen LogP contribution is -2.00. The first-order valence-corrected chi connectivity index (χ1v) is 7.88. The first-order chi connectivity index (χ1) is 8.70. The summed E-state index contributed by atoms with van der Waals surface area (Å²) in [6.45, 7) is 4.25. The van der Waals surface area contributed by atoms with Gasteiger partial charge in [0.15, 0.2) is 0 Å². The number of aromatic nitrogens is 1. The van der Waals surface area contributed by atoms with E-state index in [1.807, 2.05) is 17.8 Å². The molecule has 2 rings (SSSR count). The Morgan fingerprint density at radius 1 is 1.33 bits per heavy atom. The maximum Gasteiger partial charge on any atom is 0.0708 e. The number of nitrogens with zero attached hydrogens (tertiary/aromatic N) is 1. The molecule has 1 nitrogen and oxygen atoms in total. The van der Waals surface area contributed by atoms with Crippen LogP contribution in [0.5, 0.6) is 0 Å². The monoisotopic (exact) mass is 279 g/mol. The lowest BCUT2D eigenvalue weighted by Gasteiger charge is -2.09. The standard InChI is InChI=1S/C15H18ClNS/c1-11(8-16)9-18-10-13-7-12(2)17-15-6-4-3-5-14(13)15/h3-7,11H,8-10H2,1-2H3. The number of alkyl halides is 1. The fraction of sp³-hybridized carbons (Fsp3) is 0.400. The number of benzene rings is 1. The molecule has 0 saturated heterocycles. The lowest BCUT2D eigenvalue weighted by molar-refractivity contribution is 0.759. The number of para-hydroxylation sites is 1. The molecule has 96 valence electrons. The van der Waals surface area contributed by atoms with E-state index in [0.717, 1.165) is 28.6 Å². The summed E-state index contributed by atoms with van der Waals surface area (Å²) in [6.07, 6.45) is 0. The van der Waals surface area contributed by atoms with E-state index in [4.69, 9.17) is 11.6 Å². The van der Waals surface area contributed by atoms with Gasteiger partial charge in [0.05, 0.1) is 5.52 Å². The Morgan fingerprint density at radius 3 is 2.89 bits per heavy atom. The first kappa shape index (κ1) is 13.7. The van der Waals surface area contributed by atoms with E-state index in [-0.39, 0.29) is 0 Å². The zero-order valence-electron chi connectivity index (χ0n) is 10.8. The van der Waals surface area contributed by atoms with Gasteiger partial charge in [0.1, 0.15) is 0 Å². The van der Waals surface area contributed by atoms with Crippen molar-refractivity contribution in [2.45, 2.75) is 19.6 Å². The number of hydrogen-bond donors (Lipinski definition) is 0. The summed E-state index contributed by atoms with van der Waals surface area (Å²) in [6, 6.07) is 10.6. The maximum atomic E-state index is 5.83. The molecule has 2 aromatic rings. The highest BCUT2D eigenvalue weighted by Crippen LogP contribution is 2.23. The third kappa shape index (κ3) is 3.39. The number of rotatable bonds is 5. The van der Waals surface area contributed by atoms with Crippen LogP contribution in [0.1, 0.15) is 18.2 Å². The van der Waals surface area contributed by atoms with Gasteiger partial charge in [-0.05, 0) is 36.3 Å². The summed E-state index contributed by atoms with van der Waals surface area (Å²) in [5.41, 5.74) is 3.57. The second kappa shape index (κ2) is 6.44. The molecule has 1 aromatic heterocycles. The van der Waals surface area contributed by atoms with E-state index in [2.05, 4.69) is 43.1 Å².